The van der Waals surface area contributed by atoms with Crippen LogP contribution >= 0.6 is 0 Å². The number of hydrogen-bond donors (Lipinski definition) is 1. The Morgan fingerprint density at radius 2 is 1.65 bits per heavy atom. The highest BCUT2D eigenvalue weighted by molar-refractivity contribution is 5.77. The normalized spacial score (nSPS) is 14.3. The van der Waals surface area contributed by atoms with Crippen molar-refractivity contribution < 1.29 is 0 Å². The van der Waals surface area contributed by atoms with E-state index in [2.05, 4.69) is 90.8 Å². The summed E-state index contributed by atoms with van der Waals surface area (Å²) in [6.45, 7) is 5.78. The van der Waals surface area contributed by atoms with Gasteiger partial charge < -0.3 is 5.32 Å². The predicted octanol–water partition coefficient (Wildman–Crippen LogP) is 7.31. The molecule has 0 unspecified atom stereocenters. The van der Waals surface area contributed by atoms with Crippen molar-refractivity contribution in [2.75, 3.05) is 5.32 Å². The largest absolute Gasteiger partial charge is 0.356 e. The smallest absolute Gasteiger partial charge is 0.0384 e. The predicted molar refractivity (Wildman–Crippen MR) is 116 cm³/mol. The van der Waals surface area contributed by atoms with Gasteiger partial charge in [0.05, 0.1) is 0 Å². The van der Waals surface area contributed by atoms with Crippen LogP contribution in [0.4, 0.5) is 11.4 Å². The number of allylic oxidation sites excluding steroid dienone is 9. The Bertz CT molecular complexity index is 859. The molecule has 0 spiro atoms. The van der Waals surface area contributed by atoms with Gasteiger partial charge in [0, 0.05) is 11.4 Å². The number of nitrogens with one attached hydrogen (secondary N) is 1. The van der Waals surface area contributed by atoms with E-state index >= 15 is 0 Å². The third kappa shape index (κ3) is 4.52. The van der Waals surface area contributed by atoms with Crippen molar-refractivity contribution in [2.24, 2.45) is 0 Å². The molecule has 0 radical (unpaired) electrons. The van der Waals surface area contributed by atoms with Crippen molar-refractivity contribution in [3.05, 3.63) is 109 Å². The maximum absolute atomic E-state index is 3.73. The molecule has 0 bridgehead atoms. The maximum Gasteiger partial charge on any atom is 0.0384 e. The van der Waals surface area contributed by atoms with Crippen LogP contribution in [0.1, 0.15) is 30.9 Å². The molecule has 0 amide bonds. The highest BCUT2D eigenvalue weighted by Crippen LogP contribution is 2.25. The topological polar surface area (TPSA) is 12.0 Å². The van der Waals surface area contributed by atoms with E-state index in [9.17, 15) is 0 Å². The van der Waals surface area contributed by atoms with E-state index in [1.807, 2.05) is 13.0 Å². The summed E-state index contributed by atoms with van der Waals surface area (Å²) >= 11 is 0. The van der Waals surface area contributed by atoms with Crippen LogP contribution in [0.3, 0.4) is 0 Å². The summed E-state index contributed by atoms with van der Waals surface area (Å²) in [5.74, 6) is 0. The Morgan fingerprint density at radius 1 is 0.962 bits per heavy atom. The molecule has 130 valence electrons. The lowest BCUT2D eigenvalue weighted by atomic mass is 9.99. The molecule has 0 aliphatic heterocycles. The fourth-order valence-corrected chi connectivity index (χ4v) is 3.02. The van der Waals surface area contributed by atoms with Gasteiger partial charge in [0.25, 0.3) is 0 Å². The van der Waals surface area contributed by atoms with Gasteiger partial charge in [-0.2, -0.15) is 0 Å². The van der Waals surface area contributed by atoms with Gasteiger partial charge >= 0.3 is 0 Å². The van der Waals surface area contributed by atoms with Crippen LogP contribution in [0.15, 0.2) is 97.6 Å². The zero-order chi connectivity index (χ0) is 18.2. The van der Waals surface area contributed by atoms with Gasteiger partial charge in [0.2, 0.25) is 0 Å². The molecule has 0 aromatic heterocycles. The third-order valence-corrected chi connectivity index (χ3v) is 4.44. The summed E-state index contributed by atoms with van der Waals surface area (Å²) in [6.07, 6.45) is 17.0. The van der Waals surface area contributed by atoms with Gasteiger partial charge in [-0.25, -0.2) is 0 Å². The molecule has 1 N–H and O–H groups in total. The van der Waals surface area contributed by atoms with Gasteiger partial charge in [0.1, 0.15) is 0 Å². The lowest BCUT2D eigenvalue weighted by Gasteiger charge is -2.11. The van der Waals surface area contributed by atoms with Gasteiger partial charge in [-0.3, -0.25) is 0 Å². The monoisotopic (exact) mass is 339 g/mol. The highest BCUT2D eigenvalue weighted by atomic mass is 14.9. The molecule has 2 aromatic rings. The number of anilines is 2. The van der Waals surface area contributed by atoms with Crippen LogP contribution in [-0.2, 0) is 0 Å². The first kappa shape index (κ1) is 17.8. The second-order valence-corrected chi connectivity index (χ2v) is 6.26. The summed E-state index contributed by atoms with van der Waals surface area (Å²) in [5, 5.41) is 3.47. The van der Waals surface area contributed by atoms with Crippen molar-refractivity contribution in [1.82, 2.24) is 0 Å². The van der Waals surface area contributed by atoms with E-state index in [0.717, 1.165) is 24.2 Å². The van der Waals surface area contributed by atoms with E-state index in [0.29, 0.717) is 0 Å². The summed E-state index contributed by atoms with van der Waals surface area (Å²) in [6, 6.07) is 17.1. The molecule has 0 fully saturated rings. The molecule has 2 aromatic carbocycles. The minimum absolute atomic E-state index is 1.08. The zero-order valence-corrected chi connectivity index (χ0v) is 15.3. The summed E-state index contributed by atoms with van der Waals surface area (Å²) < 4.78 is 0. The van der Waals surface area contributed by atoms with Gasteiger partial charge in [0.15, 0.2) is 0 Å². The third-order valence-electron chi connectivity index (χ3n) is 4.44. The SMILES string of the molecule is C=C/C=C\C(=C/C)c1ccc(Nc2ccc(C3=CCCC=C3)cc2)cc1. The van der Waals surface area contributed by atoms with Gasteiger partial charge in [-0.05, 0) is 66.3 Å². The Balaban J connectivity index is 1.69. The summed E-state index contributed by atoms with van der Waals surface area (Å²) in [4.78, 5) is 0. The lowest BCUT2D eigenvalue weighted by Crippen LogP contribution is -1.92. The molecular formula is C25H25N. The number of hydrogen-bond acceptors (Lipinski definition) is 1. The molecule has 0 saturated heterocycles. The molecule has 26 heavy (non-hydrogen) atoms. The molecule has 1 heteroatoms. The van der Waals surface area contributed by atoms with Crippen molar-refractivity contribution in [1.29, 1.82) is 0 Å². The van der Waals surface area contributed by atoms with Crippen LogP contribution in [-0.4, -0.2) is 0 Å². The first-order valence-electron chi connectivity index (χ1n) is 9.10. The van der Waals surface area contributed by atoms with E-state index in [4.69, 9.17) is 0 Å². The fraction of sp³-hybridized carbons (Fsp3) is 0.120. The summed E-state index contributed by atoms with van der Waals surface area (Å²) in [7, 11) is 0. The number of benzene rings is 2. The fourth-order valence-electron chi connectivity index (χ4n) is 3.02. The first-order valence-corrected chi connectivity index (χ1v) is 9.10. The van der Waals surface area contributed by atoms with E-state index in [1.54, 1.807) is 6.08 Å². The summed E-state index contributed by atoms with van der Waals surface area (Å²) in [5.41, 5.74) is 7.16. The lowest BCUT2D eigenvalue weighted by molar-refractivity contribution is 1.04. The molecule has 3 rings (SSSR count). The number of rotatable bonds is 6. The first-order chi connectivity index (χ1) is 12.8. The highest BCUT2D eigenvalue weighted by Gasteiger charge is 2.02. The Hall–Kier alpha value is -3.06. The Morgan fingerprint density at radius 3 is 2.23 bits per heavy atom. The average molecular weight is 339 g/mol. The maximum atomic E-state index is 3.73. The average Bonchev–Trinajstić information content (AvgIpc) is 2.71. The minimum atomic E-state index is 1.08. The van der Waals surface area contributed by atoms with Gasteiger partial charge in [-0.15, -0.1) is 0 Å². The van der Waals surface area contributed by atoms with E-state index in [1.165, 1.54) is 22.3 Å². The standard InChI is InChI=1S/C25H25N/c1-3-5-9-20(4-2)22-12-16-24(17-13-22)26-25-18-14-23(15-19-25)21-10-7-6-8-11-21/h3-5,7,9-19,26H,1,6,8H2,2H3/b9-5-,20-4+. The molecule has 1 aliphatic carbocycles. The molecule has 1 aliphatic rings. The van der Waals surface area contributed by atoms with Crippen molar-refractivity contribution >= 4 is 22.5 Å². The van der Waals surface area contributed by atoms with E-state index < -0.39 is 0 Å². The molecule has 0 atom stereocenters. The van der Waals surface area contributed by atoms with Crippen molar-refractivity contribution in [2.45, 2.75) is 19.8 Å². The molecule has 0 heterocycles. The van der Waals surface area contributed by atoms with Crippen molar-refractivity contribution in [3.8, 4) is 0 Å². The van der Waals surface area contributed by atoms with Crippen LogP contribution < -0.4 is 5.32 Å². The van der Waals surface area contributed by atoms with Crippen LogP contribution in [0.25, 0.3) is 11.1 Å². The minimum Gasteiger partial charge on any atom is -0.356 e. The van der Waals surface area contributed by atoms with Crippen LogP contribution in [0.5, 0.6) is 0 Å². The van der Waals surface area contributed by atoms with E-state index in [-0.39, 0.29) is 0 Å². The van der Waals surface area contributed by atoms with Crippen molar-refractivity contribution in [3.63, 3.8) is 0 Å². The Kier molecular flexibility index (Phi) is 6.05. The second kappa shape index (κ2) is 8.87. The van der Waals surface area contributed by atoms with Gasteiger partial charge in [-0.1, -0.05) is 73.4 Å². The quantitative estimate of drug-likeness (QED) is 0.544. The molecule has 0 saturated carbocycles. The van der Waals surface area contributed by atoms with Crippen LogP contribution in [0, 0.1) is 0 Å². The molecule has 1 nitrogen and oxygen atoms in total. The zero-order valence-electron chi connectivity index (χ0n) is 15.3. The second-order valence-electron chi connectivity index (χ2n) is 6.26. The van der Waals surface area contributed by atoms with Crippen LogP contribution in [0.2, 0.25) is 0 Å². The Labute approximate surface area is 156 Å². The molecular weight excluding hydrogens is 314 g/mol.